The number of benzene rings is 2. The Morgan fingerprint density at radius 3 is 2.88 bits per heavy atom. The molecule has 0 aliphatic carbocycles. The van der Waals surface area contributed by atoms with Crippen molar-refractivity contribution in [3.63, 3.8) is 0 Å². The van der Waals surface area contributed by atoms with Gasteiger partial charge in [-0.1, -0.05) is 5.92 Å². The van der Waals surface area contributed by atoms with Gasteiger partial charge in [-0.05, 0) is 79.1 Å². The van der Waals surface area contributed by atoms with Crippen LogP contribution < -0.4 is 20.1 Å². The zero-order valence-electron chi connectivity index (χ0n) is 24.0. The van der Waals surface area contributed by atoms with Gasteiger partial charge in [0.15, 0.2) is 6.29 Å². The molecule has 2 aromatic carbocycles. The summed E-state index contributed by atoms with van der Waals surface area (Å²) >= 11 is 0. The average Bonchev–Trinajstić information content (AvgIpc) is 3.39. The first kappa shape index (κ1) is 28.1. The highest BCUT2D eigenvalue weighted by Gasteiger charge is 2.14. The Labute approximate surface area is 248 Å². The fraction of sp³-hybridized carbons (Fsp3) is 0.281. The second-order valence-electron chi connectivity index (χ2n) is 10.2. The summed E-state index contributed by atoms with van der Waals surface area (Å²) in [7, 11) is 1.93. The van der Waals surface area contributed by atoms with Crippen molar-refractivity contribution < 1.29 is 23.7 Å². The number of nitrogens with zero attached hydrogens (tertiary/aromatic N) is 5. The molecule has 0 bridgehead atoms. The van der Waals surface area contributed by atoms with Crippen molar-refractivity contribution in [2.75, 3.05) is 23.8 Å². The summed E-state index contributed by atoms with van der Waals surface area (Å²) in [6, 6.07) is 15.1. The first-order valence-electron chi connectivity index (χ1n) is 14.2. The van der Waals surface area contributed by atoms with E-state index < -0.39 is 5.91 Å². The van der Waals surface area contributed by atoms with Crippen LogP contribution in [0.25, 0.3) is 16.6 Å². The van der Waals surface area contributed by atoms with Crippen LogP contribution in [0.15, 0.2) is 67.4 Å². The van der Waals surface area contributed by atoms with E-state index in [1.807, 2.05) is 71.8 Å². The average molecular weight is 579 g/mol. The monoisotopic (exact) mass is 578 g/mol. The van der Waals surface area contributed by atoms with Gasteiger partial charge in [0.05, 0.1) is 24.4 Å². The zero-order valence-corrected chi connectivity index (χ0v) is 24.0. The minimum absolute atomic E-state index is 0.158. The van der Waals surface area contributed by atoms with E-state index in [9.17, 15) is 4.79 Å². The quantitative estimate of drug-likeness (QED) is 0.153. The molecule has 1 unspecified atom stereocenters. The fourth-order valence-corrected chi connectivity index (χ4v) is 4.82. The molecule has 1 fully saturated rings. The molecule has 5 aromatic rings. The lowest BCUT2D eigenvalue weighted by molar-refractivity contribution is -0.739. The predicted molar refractivity (Wildman–Crippen MR) is 161 cm³/mol. The molecule has 11 heteroatoms. The third-order valence-corrected chi connectivity index (χ3v) is 7.01. The van der Waals surface area contributed by atoms with Crippen LogP contribution in [-0.2, 0) is 21.3 Å². The molecule has 1 saturated heterocycles. The summed E-state index contributed by atoms with van der Waals surface area (Å²) in [6.07, 6.45) is 8.55. The standard InChI is InChI=1S/C32H31N7O4/c1-22-17-23(10-12-28(22)43-25-13-14-39-29(19-25)35-21-38(39)2)37-32-26-18-24(9-11-27(26)33-20-34-32)36-30(40)7-3-5-15-41-31-8-4-6-16-42-31/h9-14,17-21,31H,4-6,8,15-16H2,1-2H3,(H-,33,34,36,37,40)/p+1. The molecule has 2 N–H and O–H groups in total. The number of fused-ring (bicyclic) bond motifs is 2. The zero-order chi connectivity index (χ0) is 29.6. The number of rotatable bonds is 8. The number of aromatic nitrogens is 5. The number of anilines is 3. The summed E-state index contributed by atoms with van der Waals surface area (Å²) < 4.78 is 21.2. The van der Waals surface area contributed by atoms with E-state index in [4.69, 9.17) is 14.2 Å². The topological polar surface area (TPSA) is 116 Å². The lowest BCUT2D eigenvalue weighted by Crippen LogP contribution is -2.33. The molecule has 3 aromatic heterocycles. The van der Waals surface area contributed by atoms with E-state index in [1.165, 1.54) is 6.33 Å². The molecule has 1 aliphatic rings. The molecular weight excluding hydrogens is 546 g/mol. The molecule has 0 spiro atoms. The number of hydrogen-bond donors (Lipinski definition) is 2. The Kier molecular flexibility index (Phi) is 8.40. The van der Waals surface area contributed by atoms with Gasteiger partial charge in [0.25, 0.3) is 11.6 Å². The fourth-order valence-electron chi connectivity index (χ4n) is 4.82. The predicted octanol–water partition coefficient (Wildman–Crippen LogP) is 4.82. The van der Waals surface area contributed by atoms with Crippen molar-refractivity contribution in [2.45, 2.75) is 38.9 Å². The first-order valence-corrected chi connectivity index (χ1v) is 14.2. The van der Waals surface area contributed by atoms with E-state index >= 15 is 0 Å². The highest BCUT2D eigenvalue weighted by molar-refractivity contribution is 6.05. The normalized spacial score (nSPS) is 14.7. The SMILES string of the molecule is Cc1cc(Nc2ncnc3ccc(NC(=O)C#CCCOC4CCCCO4)cc23)ccc1Oc1ccn2c(c1)nc[n+]2C. The van der Waals surface area contributed by atoms with E-state index in [1.54, 1.807) is 12.4 Å². The molecule has 43 heavy (non-hydrogen) atoms. The maximum Gasteiger partial charge on any atom is 0.307 e. The van der Waals surface area contributed by atoms with Gasteiger partial charge in [-0.3, -0.25) is 4.79 Å². The van der Waals surface area contributed by atoms with Crippen LogP contribution in [0.2, 0.25) is 0 Å². The van der Waals surface area contributed by atoms with Crippen LogP contribution in [0.5, 0.6) is 11.5 Å². The van der Waals surface area contributed by atoms with Gasteiger partial charge in [-0.25, -0.2) is 9.97 Å². The summed E-state index contributed by atoms with van der Waals surface area (Å²) in [6.45, 7) is 3.15. The Bertz CT molecular complexity index is 1840. The summed E-state index contributed by atoms with van der Waals surface area (Å²) in [5.41, 5.74) is 3.91. The van der Waals surface area contributed by atoms with Crippen molar-refractivity contribution >= 4 is 39.6 Å². The van der Waals surface area contributed by atoms with Crippen LogP contribution in [-0.4, -0.2) is 44.9 Å². The van der Waals surface area contributed by atoms with Gasteiger partial charge < -0.3 is 24.8 Å². The van der Waals surface area contributed by atoms with Gasteiger partial charge in [0, 0.05) is 35.9 Å². The number of nitrogens with one attached hydrogen (secondary N) is 2. The molecule has 1 aliphatic heterocycles. The third kappa shape index (κ3) is 6.89. The first-order chi connectivity index (χ1) is 21.0. The highest BCUT2D eigenvalue weighted by Crippen LogP contribution is 2.30. The number of pyridine rings is 1. The van der Waals surface area contributed by atoms with Gasteiger partial charge in [-0.2, -0.15) is 4.68 Å². The number of aryl methyl sites for hydroxylation is 2. The number of hydrogen-bond acceptors (Lipinski definition) is 8. The minimum Gasteiger partial charge on any atom is -0.457 e. The molecule has 6 rings (SSSR count). The van der Waals surface area contributed by atoms with Gasteiger partial charge in [-0.15, -0.1) is 4.52 Å². The van der Waals surface area contributed by atoms with Crippen molar-refractivity contribution in [2.24, 2.45) is 7.05 Å². The van der Waals surface area contributed by atoms with Crippen LogP contribution >= 0.6 is 0 Å². The van der Waals surface area contributed by atoms with E-state index in [2.05, 4.69) is 37.4 Å². The van der Waals surface area contributed by atoms with Crippen molar-refractivity contribution in [3.05, 3.63) is 72.9 Å². The smallest absolute Gasteiger partial charge is 0.307 e. The van der Waals surface area contributed by atoms with Gasteiger partial charge in [0.1, 0.15) is 30.7 Å². The summed E-state index contributed by atoms with van der Waals surface area (Å²) in [4.78, 5) is 25.6. The van der Waals surface area contributed by atoms with Gasteiger partial charge in [0.2, 0.25) is 0 Å². The molecule has 1 amide bonds. The lowest BCUT2D eigenvalue weighted by Gasteiger charge is -2.22. The number of amides is 1. The number of carbonyl (C=O) groups is 1. The molecule has 4 heterocycles. The second kappa shape index (κ2) is 12.9. The van der Waals surface area contributed by atoms with E-state index in [-0.39, 0.29) is 6.29 Å². The van der Waals surface area contributed by atoms with Crippen LogP contribution in [0, 0.1) is 18.8 Å². The Morgan fingerprint density at radius 1 is 1.12 bits per heavy atom. The van der Waals surface area contributed by atoms with Crippen LogP contribution in [0.1, 0.15) is 31.2 Å². The molecule has 0 saturated carbocycles. The van der Waals surface area contributed by atoms with Crippen molar-refractivity contribution in [1.82, 2.24) is 19.5 Å². The Morgan fingerprint density at radius 2 is 2.02 bits per heavy atom. The molecule has 11 nitrogen and oxygen atoms in total. The second-order valence-corrected chi connectivity index (χ2v) is 10.2. The highest BCUT2D eigenvalue weighted by atomic mass is 16.7. The minimum atomic E-state index is -0.397. The van der Waals surface area contributed by atoms with Crippen molar-refractivity contribution in [1.29, 1.82) is 0 Å². The maximum absolute atomic E-state index is 12.4. The maximum atomic E-state index is 12.4. The van der Waals surface area contributed by atoms with Crippen molar-refractivity contribution in [3.8, 4) is 23.3 Å². The largest absolute Gasteiger partial charge is 0.457 e. The molecule has 218 valence electrons. The summed E-state index contributed by atoms with van der Waals surface area (Å²) in [5.74, 6) is 7.14. The Balaban J connectivity index is 1.10. The van der Waals surface area contributed by atoms with E-state index in [0.29, 0.717) is 30.3 Å². The number of carbonyl (C=O) groups excluding carboxylic acids is 1. The third-order valence-electron chi connectivity index (χ3n) is 7.01. The van der Waals surface area contributed by atoms with Crippen LogP contribution in [0.4, 0.5) is 17.2 Å². The number of ether oxygens (including phenoxy) is 3. The van der Waals surface area contributed by atoms with Gasteiger partial charge >= 0.3 is 6.33 Å². The Hall–Kier alpha value is -5.05. The lowest BCUT2D eigenvalue weighted by atomic mass is 10.1. The summed E-state index contributed by atoms with van der Waals surface area (Å²) in [5, 5.41) is 6.96. The molecule has 0 radical (unpaired) electrons. The molecular formula is C32H32N7O4+. The van der Waals surface area contributed by atoms with E-state index in [0.717, 1.165) is 59.4 Å². The molecule has 1 atom stereocenters. The van der Waals surface area contributed by atoms with Crippen LogP contribution in [0.3, 0.4) is 0 Å².